The lowest BCUT2D eigenvalue weighted by molar-refractivity contribution is 0.217. The maximum absolute atomic E-state index is 12.2. The molecule has 0 amide bonds. The van der Waals surface area contributed by atoms with Crippen LogP contribution in [0.3, 0.4) is 0 Å². The van der Waals surface area contributed by atoms with Crippen LogP contribution < -0.4 is 10.3 Å². The van der Waals surface area contributed by atoms with Crippen LogP contribution in [0.15, 0.2) is 35.3 Å². The van der Waals surface area contributed by atoms with Crippen molar-refractivity contribution >= 4 is 27.3 Å². The van der Waals surface area contributed by atoms with E-state index >= 15 is 0 Å². The molecule has 0 aliphatic heterocycles. The maximum Gasteiger partial charge on any atom is 0.289 e. The molecule has 0 saturated carbocycles. The molecule has 1 N–H and O–H groups in total. The number of nitrogens with zero attached hydrogens (tertiary/aromatic N) is 2. The van der Waals surface area contributed by atoms with Crippen LogP contribution in [0.25, 0.3) is 0 Å². The van der Waals surface area contributed by atoms with E-state index in [0.29, 0.717) is 5.56 Å². The van der Waals surface area contributed by atoms with Crippen molar-refractivity contribution in [3.63, 3.8) is 0 Å². The van der Waals surface area contributed by atoms with Crippen molar-refractivity contribution in [2.45, 2.75) is 38.3 Å². The molecule has 1 aromatic heterocycles. The van der Waals surface area contributed by atoms with Crippen LogP contribution in [0.5, 0.6) is 5.75 Å². The van der Waals surface area contributed by atoms with Gasteiger partial charge in [0.2, 0.25) is 0 Å². The molecule has 2 rings (SSSR count). The Hall–Kier alpha value is -1.72. The molecule has 0 fully saturated rings. The number of rotatable bonds is 4. The van der Waals surface area contributed by atoms with Gasteiger partial charge in [0.05, 0.1) is 11.7 Å². The third kappa shape index (κ3) is 4.22. The van der Waals surface area contributed by atoms with Gasteiger partial charge in [-0.15, -0.1) is 0 Å². The van der Waals surface area contributed by atoms with Crippen molar-refractivity contribution in [3.05, 3.63) is 57.0 Å². The quantitative estimate of drug-likeness (QED) is 0.859. The molecule has 122 valence electrons. The molecule has 4 radical (unpaired) electrons. The van der Waals surface area contributed by atoms with Crippen LogP contribution >= 0.6 is 11.6 Å². The summed E-state index contributed by atoms with van der Waals surface area (Å²) in [5, 5.41) is 11.7. The SMILES string of the molecule is [B]C([B])(O)c1ccc(COc2cnn(C(C)(C)C)c(=O)c2Cl)cc1. The molecule has 0 atom stereocenters. The number of ether oxygens (including phenoxy) is 1. The molecule has 8 heteroatoms. The summed E-state index contributed by atoms with van der Waals surface area (Å²) in [6.45, 7) is 5.75. The first-order valence-corrected chi connectivity index (χ1v) is 7.68. The van der Waals surface area contributed by atoms with E-state index in [4.69, 9.17) is 32.0 Å². The Balaban J connectivity index is 2.16. The number of aliphatic hydroxyl groups is 1. The molecular formula is C16H17B2ClN2O3. The molecule has 0 aliphatic rings. The van der Waals surface area contributed by atoms with Crippen LogP contribution in [0.2, 0.25) is 5.02 Å². The third-order valence-electron chi connectivity index (χ3n) is 3.33. The largest absolute Gasteiger partial charge is 0.485 e. The molecule has 0 spiro atoms. The normalized spacial score (nSPS) is 12.2. The monoisotopic (exact) mass is 342 g/mol. The number of benzene rings is 1. The van der Waals surface area contributed by atoms with Crippen LogP contribution in [-0.2, 0) is 17.5 Å². The van der Waals surface area contributed by atoms with E-state index in [2.05, 4.69) is 5.10 Å². The Labute approximate surface area is 148 Å². The first-order valence-electron chi connectivity index (χ1n) is 7.31. The van der Waals surface area contributed by atoms with E-state index in [1.807, 2.05) is 20.8 Å². The first-order chi connectivity index (χ1) is 11.0. The van der Waals surface area contributed by atoms with E-state index < -0.39 is 16.5 Å². The molecule has 0 saturated heterocycles. The van der Waals surface area contributed by atoms with Gasteiger partial charge in [0.25, 0.3) is 5.56 Å². The van der Waals surface area contributed by atoms with Gasteiger partial charge >= 0.3 is 0 Å². The van der Waals surface area contributed by atoms with Crippen molar-refractivity contribution in [1.82, 2.24) is 9.78 Å². The standard InChI is InChI=1S/C16H17B2ClN2O3/c1-15(2,3)21-14(22)13(19)12(8-20-21)24-9-10-4-6-11(7-5-10)16(17,18)23/h4-8,23H,9H2,1-3H3. The Bertz CT molecular complexity index is 778. The van der Waals surface area contributed by atoms with Crippen LogP contribution in [0.1, 0.15) is 31.9 Å². The zero-order chi connectivity index (χ0) is 18.1. The highest BCUT2D eigenvalue weighted by Gasteiger charge is 2.20. The highest BCUT2D eigenvalue weighted by molar-refractivity contribution is 6.38. The highest BCUT2D eigenvalue weighted by atomic mass is 35.5. The van der Waals surface area contributed by atoms with Crippen LogP contribution in [0, 0.1) is 0 Å². The van der Waals surface area contributed by atoms with Gasteiger partial charge in [-0.1, -0.05) is 35.9 Å². The average molecular weight is 342 g/mol. The number of hydrogen-bond donors (Lipinski definition) is 1. The summed E-state index contributed by atoms with van der Waals surface area (Å²) in [5.74, 6) is 0.209. The van der Waals surface area contributed by atoms with Gasteiger partial charge < -0.3 is 9.84 Å². The molecule has 2 aromatic rings. The average Bonchev–Trinajstić information content (AvgIpc) is 2.47. The summed E-state index contributed by atoms with van der Waals surface area (Å²) in [5.41, 5.74) is 0.280. The Morgan fingerprint density at radius 2 is 1.83 bits per heavy atom. The third-order valence-corrected chi connectivity index (χ3v) is 3.68. The Morgan fingerprint density at radius 1 is 1.25 bits per heavy atom. The number of hydrogen-bond acceptors (Lipinski definition) is 4. The van der Waals surface area contributed by atoms with Gasteiger partial charge in [0, 0.05) is 5.40 Å². The second-order valence-corrected chi connectivity index (χ2v) is 6.90. The minimum atomic E-state index is -1.88. The summed E-state index contributed by atoms with van der Waals surface area (Å²) < 4.78 is 6.87. The summed E-state index contributed by atoms with van der Waals surface area (Å²) in [6, 6.07) is 6.60. The summed E-state index contributed by atoms with van der Waals surface area (Å²) >= 11 is 6.09. The van der Waals surface area contributed by atoms with Gasteiger partial charge in [0.15, 0.2) is 10.8 Å². The lowest BCUT2D eigenvalue weighted by Crippen LogP contribution is -2.36. The summed E-state index contributed by atoms with van der Waals surface area (Å²) in [7, 11) is 10.8. The topological polar surface area (TPSA) is 64.3 Å². The van der Waals surface area contributed by atoms with E-state index in [9.17, 15) is 9.90 Å². The minimum Gasteiger partial charge on any atom is -0.485 e. The predicted molar refractivity (Wildman–Crippen MR) is 94.7 cm³/mol. The van der Waals surface area contributed by atoms with Crippen molar-refractivity contribution in [3.8, 4) is 5.75 Å². The summed E-state index contributed by atoms with van der Waals surface area (Å²) in [6.07, 6.45) is 1.42. The fourth-order valence-corrected chi connectivity index (χ4v) is 2.21. The number of aromatic nitrogens is 2. The molecule has 0 bridgehead atoms. The molecule has 24 heavy (non-hydrogen) atoms. The zero-order valence-electron chi connectivity index (χ0n) is 13.8. The van der Waals surface area contributed by atoms with Gasteiger partial charge in [-0.05, 0) is 31.9 Å². The molecule has 0 aliphatic carbocycles. The number of halogens is 1. The van der Waals surface area contributed by atoms with Gasteiger partial charge in [0.1, 0.15) is 22.3 Å². The molecule has 1 aromatic carbocycles. The smallest absolute Gasteiger partial charge is 0.289 e. The van der Waals surface area contributed by atoms with Crippen LogP contribution in [-0.4, -0.2) is 30.6 Å². The lowest BCUT2D eigenvalue weighted by atomic mass is 9.61. The van der Waals surface area contributed by atoms with Crippen molar-refractivity contribution in [2.24, 2.45) is 0 Å². The minimum absolute atomic E-state index is 0.0187. The fraction of sp³-hybridized carbons (Fsp3) is 0.375. The van der Waals surface area contributed by atoms with Gasteiger partial charge in [-0.3, -0.25) is 4.79 Å². The zero-order valence-corrected chi connectivity index (χ0v) is 14.5. The van der Waals surface area contributed by atoms with E-state index in [-0.39, 0.29) is 17.4 Å². The second kappa shape index (κ2) is 6.65. The predicted octanol–water partition coefficient (Wildman–Crippen LogP) is 1.67. The van der Waals surface area contributed by atoms with Crippen molar-refractivity contribution < 1.29 is 9.84 Å². The van der Waals surface area contributed by atoms with Gasteiger partial charge in [-0.2, -0.15) is 5.10 Å². The van der Waals surface area contributed by atoms with E-state index in [1.54, 1.807) is 24.3 Å². The molecular weight excluding hydrogens is 325 g/mol. The Morgan fingerprint density at radius 3 is 2.33 bits per heavy atom. The van der Waals surface area contributed by atoms with Crippen molar-refractivity contribution in [2.75, 3.05) is 0 Å². The Kier molecular flexibility index (Phi) is 5.16. The maximum atomic E-state index is 12.2. The van der Waals surface area contributed by atoms with E-state index in [0.717, 1.165) is 5.56 Å². The molecule has 5 nitrogen and oxygen atoms in total. The molecule has 0 unspecified atom stereocenters. The van der Waals surface area contributed by atoms with Gasteiger partial charge in [-0.25, -0.2) is 4.68 Å². The van der Waals surface area contributed by atoms with E-state index in [1.165, 1.54) is 10.9 Å². The van der Waals surface area contributed by atoms with Crippen LogP contribution in [0.4, 0.5) is 0 Å². The summed E-state index contributed by atoms with van der Waals surface area (Å²) in [4.78, 5) is 12.2. The first kappa shape index (κ1) is 18.6. The second-order valence-electron chi connectivity index (χ2n) is 6.52. The highest BCUT2D eigenvalue weighted by Crippen LogP contribution is 2.22. The fourth-order valence-electron chi connectivity index (χ4n) is 2.03. The van der Waals surface area contributed by atoms with Crippen molar-refractivity contribution in [1.29, 1.82) is 0 Å². The lowest BCUT2D eigenvalue weighted by Gasteiger charge is -2.21. The molecule has 1 heterocycles.